The molecule has 0 aromatic heterocycles. The first-order valence-electron chi connectivity index (χ1n) is 4.32. The van der Waals surface area contributed by atoms with Crippen LogP contribution in [0.15, 0.2) is 22.7 Å². The number of halogens is 1. The SMILES string of the molecule is COCOc1ccc(Br)cc1C(C)N. The molecule has 0 saturated carbocycles. The van der Waals surface area contributed by atoms with Crippen LogP contribution < -0.4 is 10.5 Å². The first-order chi connectivity index (χ1) is 6.65. The lowest BCUT2D eigenvalue weighted by Crippen LogP contribution is -2.09. The second kappa shape index (κ2) is 5.34. The largest absolute Gasteiger partial charge is 0.467 e. The summed E-state index contributed by atoms with van der Waals surface area (Å²) in [6.07, 6.45) is 0. The Hall–Kier alpha value is -0.580. The van der Waals surface area contributed by atoms with E-state index in [9.17, 15) is 0 Å². The van der Waals surface area contributed by atoms with E-state index in [0.717, 1.165) is 15.8 Å². The molecule has 0 amide bonds. The first-order valence-corrected chi connectivity index (χ1v) is 5.11. The van der Waals surface area contributed by atoms with Crippen LogP contribution in [-0.2, 0) is 4.74 Å². The molecule has 1 unspecified atom stereocenters. The average Bonchev–Trinajstić information content (AvgIpc) is 2.15. The fourth-order valence-corrected chi connectivity index (χ4v) is 1.51. The van der Waals surface area contributed by atoms with Crippen LogP contribution >= 0.6 is 15.9 Å². The molecule has 4 heteroatoms. The lowest BCUT2D eigenvalue weighted by atomic mass is 10.1. The number of benzene rings is 1. The van der Waals surface area contributed by atoms with Crippen LogP contribution in [0.25, 0.3) is 0 Å². The molecule has 0 heterocycles. The van der Waals surface area contributed by atoms with E-state index in [-0.39, 0.29) is 12.8 Å². The third-order valence-corrected chi connectivity index (χ3v) is 2.29. The zero-order chi connectivity index (χ0) is 10.6. The number of rotatable bonds is 4. The van der Waals surface area contributed by atoms with Crippen LogP contribution in [0.5, 0.6) is 5.75 Å². The van der Waals surface area contributed by atoms with Crippen molar-refractivity contribution in [3.05, 3.63) is 28.2 Å². The molecule has 0 fully saturated rings. The summed E-state index contributed by atoms with van der Waals surface area (Å²) in [6, 6.07) is 5.69. The quantitative estimate of drug-likeness (QED) is 0.846. The molecular formula is C10H14BrNO2. The fourth-order valence-electron chi connectivity index (χ4n) is 1.13. The van der Waals surface area contributed by atoms with Crippen molar-refractivity contribution in [1.29, 1.82) is 0 Å². The average molecular weight is 260 g/mol. The Labute approximate surface area is 92.3 Å². The molecule has 1 atom stereocenters. The van der Waals surface area contributed by atoms with E-state index in [2.05, 4.69) is 15.9 Å². The van der Waals surface area contributed by atoms with E-state index >= 15 is 0 Å². The van der Waals surface area contributed by atoms with Crippen molar-refractivity contribution in [2.24, 2.45) is 5.73 Å². The van der Waals surface area contributed by atoms with Crippen molar-refractivity contribution in [1.82, 2.24) is 0 Å². The molecule has 0 spiro atoms. The molecule has 0 saturated heterocycles. The summed E-state index contributed by atoms with van der Waals surface area (Å²) in [7, 11) is 1.59. The molecule has 0 aliphatic heterocycles. The molecule has 1 aromatic rings. The molecule has 14 heavy (non-hydrogen) atoms. The minimum absolute atomic E-state index is 0.0562. The van der Waals surface area contributed by atoms with Crippen molar-refractivity contribution < 1.29 is 9.47 Å². The molecule has 1 aromatic carbocycles. The van der Waals surface area contributed by atoms with Crippen LogP contribution in [0.1, 0.15) is 18.5 Å². The third kappa shape index (κ3) is 2.97. The van der Waals surface area contributed by atoms with E-state index < -0.39 is 0 Å². The minimum Gasteiger partial charge on any atom is -0.467 e. The van der Waals surface area contributed by atoms with Crippen molar-refractivity contribution in [2.75, 3.05) is 13.9 Å². The van der Waals surface area contributed by atoms with E-state index in [1.165, 1.54) is 0 Å². The Morgan fingerprint density at radius 3 is 2.79 bits per heavy atom. The summed E-state index contributed by atoms with van der Waals surface area (Å²) in [6.45, 7) is 2.16. The van der Waals surface area contributed by atoms with Crippen LogP contribution in [-0.4, -0.2) is 13.9 Å². The highest BCUT2D eigenvalue weighted by Crippen LogP contribution is 2.27. The van der Waals surface area contributed by atoms with Gasteiger partial charge in [-0.2, -0.15) is 0 Å². The molecule has 0 aliphatic carbocycles. The second-order valence-corrected chi connectivity index (χ2v) is 3.94. The van der Waals surface area contributed by atoms with Gasteiger partial charge in [0, 0.05) is 23.2 Å². The van der Waals surface area contributed by atoms with Gasteiger partial charge < -0.3 is 15.2 Å². The Morgan fingerprint density at radius 1 is 1.50 bits per heavy atom. The van der Waals surface area contributed by atoms with Gasteiger partial charge >= 0.3 is 0 Å². The van der Waals surface area contributed by atoms with E-state index in [4.69, 9.17) is 15.2 Å². The van der Waals surface area contributed by atoms with E-state index in [1.54, 1.807) is 7.11 Å². The Bertz CT molecular complexity index is 302. The van der Waals surface area contributed by atoms with Crippen molar-refractivity contribution in [2.45, 2.75) is 13.0 Å². The zero-order valence-corrected chi connectivity index (χ0v) is 9.87. The van der Waals surface area contributed by atoms with Crippen molar-refractivity contribution in [3.8, 4) is 5.75 Å². The highest BCUT2D eigenvalue weighted by Gasteiger charge is 2.08. The Balaban J connectivity index is 2.90. The second-order valence-electron chi connectivity index (χ2n) is 3.02. The predicted octanol–water partition coefficient (Wildman–Crippen LogP) is 2.45. The van der Waals surface area contributed by atoms with Gasteiger partial charge in [0.1, 0.15) is 5.75 Å². The van der Waals surface area contributed by atoms with Crippen molar-refractivity contribution in [3.63, 3.8) is 0 Å². The maximum absolute atomic E-state index is 5.81. The maximum atomic E-state index is 5.81. The Morgan fingerprint density at radius 2 is 2.21 bits per heavy atom. The normalized spacial score (nSPS) is 12.6. The van der Waals surface area contributed by atoms with Gasteiger partial charge in [0.25, 0.3) is 0 Å². The zero-order valence-electron chi connectivity index (χ0n) is 8.29. The summed E-state index contributed by atoms with van der Waals surface area (Å²) in [5.74, 6) is 0.769. The summed E-state index contributed by atoms with van der Waals surface area (Å²) in [5, 5.41) is 0. The minimum atomic E-state index is -0.0562. The van der Waals surface area contributed by atoms with Gasteiger partial charge in [-0.3, -0.25) is 0 Å². The topological polar surface area (TPSA) is 44.5 Å². The maximum Gasteiger partial charge on any atom is 0.188 e. The lowest BCUT2D eigenvalue weighted by Gasteiger charge is -2.13. The summed E-state index contributed by atoms with van der Waals surface area (Å²) in [4.78, 5) is 0. The summed E-state index contributed by atoms with van der Waals surface area (Å²) < 4.78 is 11.2. The monoisotopic (exact) mass is 259 g/mol. The number of ether oxygens (including phenoxy) is 2. The standard InChI is InChI=1S/C10H14BrNO2/c1-7(12)9-5-8(11)3-4-10(9)14-6-13-2/h3-5,7H,6,12H2,1-2H3. The highest BCUT2D eigenvalue weighted by atomic mass is 79.9. The highest BCUT2D eigenvalue weighted by molar-refractivity contribution is 9.10. The number of hydrogen-bond acceptors (Lipinski definition) is 3. The molecule has 0 bridgehead atoms. The molecule has 0 radical (unpaired) electrons. The lowest BCUT2D eigenvalue weighted by molar-refractivity contribution is 0.0502. The molecule has 78 valence electrons. The molecule has 1 rings (SSSR count). The Kier molecular flexibility index (Phi) is 4.38. The number of hydrogen-bond donors (Lipinski definition) is 1. The molecule has 3 nitrogen and oxygen atoms in total. The van der Waals surface area contributed by atoms with Gasteiger partial charge in [0.15, 0.2) is 6.79 Å². The van der Waals surface area contributed by atoms with Gasteiger partial charge in [-0.25, -0.2) is 0 Å². The molecule has 0 aliphatic rings. The third-order valence-electron chi connectivity index (χ3n) is 1.79. The van der Waals surface area contributed by atoms with Gasteiger partial charge in [0.05, 0.1) is 0 Å². The first kappa shape index (κ1) is 11.5. The van der Waals surface area contributed by atoms with Crippen molar-refractivity contribution >= 4 is 15.9 Å². The van der Waals surface area contributed by atoms with Gasteiger partial charge in [-0.1, -0.05) is 15.9 Å². The van der Waals surface area contributed by atoms with E-state index in [1.807, 2.05) is 25.1 Å². The number of methoxy groups -OCH3 is 1. The van der Waals surface area contributed by atoms with Gasteiger partial charge in [-0.15, -0.1) is 0 Å². The predicted molar refractivity (Wildman–Crippen MR) is 59.2 cm³/mol. The van der Waals surface area contributed by atoms with Gasteiger partial charge in [-0.05, 0) is 25.1 Å². The summed E-state index contributed by atoms with van der Waals surface area (Å²) in [5.41, 5.74) is 6.78. The smallest absolute Gasteiger partial charge is 0.188 e. The fraction of sp³-hybridized carbons (Fsp3) is 0.400. The van der Waals surface area contributed by atoms with Crippen LogP contribution in [0.3, 0.4) is 0 Å². The van der Waals surface area contributed by atoms with E-state index in [0.29, 0.717) is 0 Å². The van der Waals surface area contributed by atoms with Gasteiger partial charge in [0.2, 0.25) is 0 Å². The van der Waals surface area contributed by atoms with Crippen LogP contribution in [0.2, 0.25) is 0 Å². The molecule has 2 N–H and O–H groups in total. The molecular weight excluding hydrogens is 246 g/mol. The summed E-state index contributed by atoms with van der Waals surface area (Å²) >= 11 is 3.39. The van der Waals surface area contributed by atoms with Crippen LogP contribution in [0.4, 0.5) is 0 Å². The van der Waals surface area contributed by atoms with Crippen LogP contribution in [0, 0.1) is 0 Å². The number of nitrogens with two attached hydrogens (primary N) is 1.